The molecule has 1 aromatic carbocycles. The van der Waals surface area contributed by atoms with Crippen LogP contribution in [0.1, 0.15) is 56.2 Å². The highest BCUT2D eigenvalue weighted by Crippen LogP contribution is 2.52. The molecule has 154 valence electrons. The Morgan fingerprint density at radius 3 is 2.59 bits per heavy atom. The van der Waals surface area contributed by atoms with Crippen LogP contribution >= 0.6 is 0 Å². The highest BCUT2D eigenvalue weighted by molar-refractivity contribution is 5.90. The number of aryl methyl sites for hydroxylation is 1. The average molecular weight is 396 g/mol. The fraction of sp³-hybridized carbons (Fsp3) is 0.545. The predicted molar refractivity (Wildman–Crippen MR) is 108 cm³/mol. The number of carbonyl (C=O) groups excluding carboxylic acids is 2. The molecule has 0 spiro atoms. The number of amides is 1. The van der Waals surface area contributed by atoms with Gasteiger partial charge in [-0.05, 0) is 49.1 Å². The number of rotatable bonds is 4. The molecule has 1 aromatic heterocycles. The van der Waals surface area contributed by atoms with Gasteiger partial charge in [0.05, 0.1) is 11.4 Å². The fourth-order valence-corrected chi connectivity index (χ4v) is 5.27. The highest BCUT2D eigenvalue weighted by atomic mass is 16.5. The third-order valence-corrected chi connectivity index (χ3v) is 6.02. The second kappa shape index (κ2) is 6.97. The zero-order chi connectivity index (χ0) is 20.8. The molecule has 7 nitrogen and oxygen atoms in total. The van der Waals surface area contributed by atoms with Gasteiger partial charge in [-0.15, -0.1) is 5.10 Å². The van der Waals surface area contributed by atoms with Crippen LogP contribution in [-0.4, -0.2) is 51.0 Å². The number of benzene rings is 1. The summed E-state index contributed by atoms with van der Waals surface area (Å²) in [6.07, 6.45) is 3.13. The summed E-state index contributed by atoms with van der Waals surface area (Å²) in [5.41, 5.74) is 1.75. The third-order valence-electron chi connectivity index (χ3n) is 6.02. The number of fused-ring (bicyclic) bond motifs is 2. The Kier molecular flexibility index (Phi) is 4.71. The van der Waals surface area contributed by atoms with E-state index >= 15 is 0 Å². The summed E-state index contributed by atoms with van der Waals surface area (Å²) in [6.45, 7) is 8.97. The van der Waals surface area contributed by atoms with Crippen molar-refractivity contribution in [2.75, 3.05) is 13.2 Å². The molecular formula is C22H28N4O3. The second-order valence-electron chi connectivity index (χ2n) is 9.57. The minimum Gasteiger partial charge on any atom is -0.451 e. The molecule has 29 heavy (non-hydrogen) atoms. The Balaban J connectivity index is 1.40. The molecule has 2 bridgehead atoms. The van der Waals surface area contributed by atoms with Crippen molar-refractivity contribution in [3.63, 3.8) is 0 Å². The Bertz CT molecular complexity index is 937. The van der Waals surface area contributed by atoms with Gasteiger partial charge in [-0.25, -0.2) is 4.79 Å². The van der Waals surface area contributed by atoms with E-state index in [1.807, 2.05) is 35.2 Å². The first-order valence-corrected chi connectivity index (χ1v) is 10.1. The second-order valence-corrected chi connectivity index (χ2v) is 9.57. The van der Waals surface area contributed by atoms with E-state index in [0.29, 0.717) is 5.69 Å². The number of aromatic nitrogens is 3. The number of likely N-dealkylation sites (tertiary alicyclic amines) is 1. The van der Waals surface area contributed by atoms with Crippen LogP contribution in [0, 0.1) is 17.8 Å². The summed E-state index contributed by atoms with van der Waals surface area (Å²) in [5.74, 6) is -0.746. The topological polar surface area (TPSA) is 77.3 Å². The van der Waals surface area contributed by atoms with Gasteiger partial charge in [0, 0.05) is 12.6 Å². The molecule has 1 aliphatic carbocycles. The molecule has 1 saturated heterocycles. The molecule has 2 aliphatic rings. The third kappa shape index (κ3) is 3.91. The number of carbonyl (C=O) groups is 2. The lowest BCUT2D eigenvalue weighted by Gasteiger charge is -2.39. The predicted octanol–water partition coefficient (Wildman–Crippen LogP) is 3.16. The van der Waals surface area contributed by atoms with E-state index in [1.54, 1.807) is 6.92 Å². The van der Waals surface area contributed by atoms with Gasteiger partial charge in [0.1, 0.15) is 0 Å². The van der Waals surface area contributed by atoms with Gasteiger partial charge < -0.3 is 9.64 Å². The molecule has 2 heterocycles. The van der Waals surface area contributed by atoms with Gasteiger partial charge in [-0.1, -0.05) is 39.0 Å². The van der Waals surface area contributed by atoms with Crippen LogP contribution < -0.4 is 0 Å². The zero-order valence-electron chi connectivity index (χ0n) is 17.5. The van der Waals surface area contributed by atoms with Crippen LogP contribution in [-0.2, 0) is 9.53 Å². The number of para-hydroxylation sites is 1. The average Bonchev–Trinajstić information content (AvgIpc) is 3.16. The first kappa shape index (κ1) is 19.6. The number of ether oxygens (including phenoxy) is 1. The maximum absolute atomic E-state index is 12.8. The molecule has 1 aliphatic heterocycles. The van der Waals surface area contributed by atoms with Gasteiger partial charge in [0.15, 0.2) is 12.3 Å². The van der Waals surface area contributed by atoms with Crippen molar-refractivity contribution in [3.05, 3.63) is 41.7 Å². The Morgan fingerprint density at radius 2 is 1.86 bits per heavy atom. The molecule has 1 amide bonds. The minimum absolute atomic E-state index is 0.127. The molecule has 2 aromatic rings. The maximum atomic E-state index is 12.8. The van der Waals surface area contributed by atoms with Gasteiger partial charge in [0.2, 0.25) is 0 Å². The number of nitrogens with zero attached hydrogens (tertiary/aromatic N) is 4. The lowest BCUT2D eigenvalue weighted by molar-refractivity contribution is -0.135. The minimum atomic E-state index is -0.619. The molecule has 0 unspecified atom stereocenters. The van der Waals surface area contributed by atoms with Crippen molar-refractivity contribution in [3.8, 4) is 5.69 Å². The summed E-state index contributed by atoms with van der Waals surface area (Å²) in [5, 5.41) is 8.53. The molecule has 1 saturated carbocycles. The maximum Gasteiger partial charge on any atom is 0.361 e. The van der Waals surface area contributed by atoms with Gasteiger partial charge in [-0.2, -0.15) is 9.90 Å². The summed E-state index contributed by atoms with van der Waals surface area (Å²) in [7, 11) is 0. The number of esters is 1. The van der Waals surface area contributed by atoms with Crippen molar-refractivity contribution in [1.82, 2.24) is 19.9 Å². The summed E-state index contributed by atoms with van der Waals surface area (Å²) in [4.78, 5) is 28.6. The number of hydrogen-bond donors (Lipinski definition) is 0. The molecule has 0 N–H and O–H groups in total. The Labute approximate surface area is 171 Å². The molecule has 7 heteroatoms. The van der Waals surface area contributed by atoms with Gasteiger partial charge in [-0.3, -0.25) is 4.79 Å². The standard InChI is InChI=1S/C22H28N4O3/c1-15-19(24-26(23-15)16-8-6-5-7-9-16)20(28)29-12-18(27)25-14-22(4)11-17(25)10-21(2,3)13-22/h5-9,17H,10-14H2,1-4H3/t17-,22+/m1/s1. The van der Waals surface area contributed by atoms with Crippen molar-refractivity contribution in [2.24, 2.45) is 10.8 Å². The van der Waals surface area contributed by atoms with E-state index in [1.165, 1.54) is 4.80 Å². The molecule has 0 radical (unpaired) electrons. The Hall–Kier alpha value is -2.70. The first-order valence-electron chi connectivity index (χ1n) is 10.1. The van der Waals surface area contributed by atoms with Crippen LogP contribution in [0.2, 0.25) is 0 Å². The van der Waals surface area contributed by atoms with Crippen LogP contribution in [0.25, 0.3) is 5.69 Å². The van der Waals surface area contributed by atoms with E-state index in [4.69, 9.17) is 4.74 Å². The quantitative estimate of drug-likeness (QED) is 0.742. The van der Waals surface area contributed by atoms with Crippen molar-refractivity contribution in [2.45, 2.75) is 53.0 Å². The van der Waals surface area contributed by atoms with Gasteiger partial charge in [0.25, 0.3) is 5.91 Å². The molecular weight excluding hydrogens is 368 g/mol. The van der Waals surface area contributed by atoms with E-state index in [9.17, 15) is 9.59 Å². The van der Waals surface area contributed by atoms with Crippen molar-refractivity contribution < 1.29 is 14.3 Å². The van der Waals surface area contributed by atoms with E-state index in [2.05, 4.69) is 31.0 Å². The first-order chi connectivity index (χ1) is 13.7. The smallest absolute Gasteiger partial charge is 0.361 e. The van der Waals surface area contributed by atoms with Gasteiger partial charge >= 0.3 is 5.97 Å². The normalized spacial score (nSPS) is 25.1. The van der Waals surface area contributed by atoms with Crippen molar-refractivity contribution >= 4 is 11.9 Å². The highest BCUT2D eigenvalue weighted by Gasteiger charge is 2.50. The summed E-state index contributed by atoms with van der Waals surface area (Å²) < 4.78 is 5.32. The lowest BCUT2D eigenvalue weighted by atomic mass is 9.65. The van der Waals surface area contributed by atoms with Crippen LogP contribution in [0.5, 0.6) is 0 Å². The van der Waals surface area contributed by atoms with Crippen molar-refractivity contribution in [1.29, 1.82) is 0 Å². The lowest BCUT2D eigenvalue weighted by Crippen LogP contribution is -2.39. The zero-order valence-corrected chi connectivity index (χ0v) is 17.5. The fourth-order valence-electron chi connectivity index (χ4n) is 5.27. The number of hydrogen-bond acceptors (Lipinski definition) is 5. The summed E-state index contributed by atoms with van der Waals surface area (Å²) in [6, 6.07) is 9.58. The Morgan fingerprint density at radius 1 is 1.14 bits per heavy atom. The van der Waals surface area contributed by atoms with Crippen LogP contribution in [0.15, 0.2) is 30.3 Å². The largest absolute Gasteiger partial charge is 0.451 e. The van der Waals surface area contributed by atoms with Crippen LogP contribution in [0.4, 0.5) is 0 Å². The molecule has 2 fully saturated rings. The monoisotopic (exact) mass is 396 g/mol. The van der Waals surface area contributed by atoms with E-state index in [0.717, 1.165) is 31.5 Å². The summed E-state index contributed by atoms with van der Waals surface area (Å²) >= 11 is 0. The van der Waals surface area contributed by atoms with Crippen LogP contribution in [0.3, 0.4) is 0 Å². The SMILES string of the molecule is Cc1nn(-c2ccccc2)nc1C(=O)OCC(=O)N1C[C@@]2(C)C[C@H]1CC(C)(C)C2. The molecule has 2 atom stereocenters. The molecule has 4 rings (SSSR count). The van der Waals surface area contributed by atoms with E-state index < -0.39 is 5.97 Å². The van der Waals surface area contributed by atoms with E-state index in [-0.39, 0.29) is 35.1 Å².